The molecule has 0 aliphatic carbocycles. The number of carbonyl (C=O) groups excluding carboxylic acids is 1. The number of aryl methyl sites for hydroxylation is 1. The van der Waals surface area contributed by atoms with Gasteiger partial charge in [0.2, 0.25) is 5.91 Å². The summed E-state index contributed by atoms with van der Waals surface area (Å²) in [6.45, 7) is 0.289. The lowest BCUT2D eigenvalue weighted by Crippen LogP contribution is -2.51. The number of aromatic nitrogens is 2. The first-order valence-electron chi connectivity index (χ1n) is 7.51. The Kier molecular flexibility index (Phi) is 5.81. The van der Waals surface area contributed by atoms with Gasteiger partial charge in [0.25, 0.3) is 0 Å². The van der Waals surface area contributed by atoms with E-state index in [9.17, 15) is 27.6 Å². The number of nitrogens with one attached hydrogen (secondary N) is 2. The van der Waals surface area contributed by atoms with E-state index in [4.69, 9.17) is 4.74 Å². The first-order chi connectivity index (χ1) is 11.3. The Hall–Kier alpha value is -2.10. The molecule has 1 atom stereocenters. The van der Waals surface area contributed by atoms with Crippen LogP contribution in [0.4, 0.5) is 13.2 Å². The predicted molar refractivity (Wildman–Crippen MR) is 77.5 cm³/mol. The average Bonchev–Trinajstić information content (AvgIpc) is 2.54. The van der Waals surface area contributed by atoms with Gasteiger partial charge in [0.05, 0.1) is 0 Å². The summed E-state index contributed by atoms with van der Waals surface area (Å²) < 4.78 is 45.6. The van der Waals surface area contributed by atoms with Crippen molar-refractivity contribution in [3.63, 3.8) is 0 Å². The SMILES string of the molecule is O=C(CCn1cc[nH]c(=O)c1=O)N[C@H](C1CCOCC1)C(F)(F)F. The van der Waals surface area contributed by atoms with E-state index in [1.54, 1.807) is 0 Å². The average molecular weight is 349 g/mol. The molecule has 1 aliphatic rings. The van der Waals surface area contributed by atoms with Gasteiger partial charge in [-0.25, -0.2) is 0 Å². The maximum absolute atomic E-state index is 13.2. The highest BCUT2D eigenvalue weighted by Gasteiger charge is 2.45. The zero-order valence-electron chi connectivity index (χ0n) is 12.8. The minimum atomic E-state index is -4.56. The smallest absolute Gasteiger partial charge is 0.381 e. The zero-order valence-corrected chi connectivity index (χ0v) is 12.8. The lowest BCUT2D eigenvalue weighted by molar-refractivity contribution is -0.177. The molecule has 1 aromatic rings. The van der Waals surface area contributed by atoms with Gasteiger partial charge in [-0.3, -0.25) is 14.4 Å². The van der Waals surface area contributed by atoms with Crippen molar-refractivity contribution in [2.24, 2.45) is 5.92 Å². The molecule has 2 N–H and O–H groups in total. The molecule has 10 heteroatoms. The van der Waals surface area contributed by atoms with Crippen LogP contribution in [-0.4, -0.2) is 40.9 Å². The number of carbonyl (C=O) groups is 1. The lowest BCUT2D eigenvalue weighted by Gasteiger charge is -2.32. The number of H-pyrrole nitrogens is 1. The summed E-state index contributed by atoms with van der Waals surface area (Å²) in [4.78, 5) is 36.7. The molecule has 1 amide bonds. The second kappa shape index (κ2) is 7.65. The van der Waals surface area contributed by atoms with Gasteiger partial charge >= 0.3 is 17.3 Å². The summed E-state index contributed by atoms with van der Waals surface area (Å²) in [6, 6.07) is -1.94. The van der Waals surface area contributed by atoms with Gasteiger partial charge in [-0.1, -0.05) is 0 Å². The molecule has 1 fully saturated rings. The number of hydrogen-bond acceptors (Lipinski definition) is 4. The monoisotopic (exact) mass is 349 g/mol. The Bertz CT molecular complexity index is 677. The van der Waals surface area contributed by atoms with Crippen molar-refractivity contribution in [2.45, 2.75) is 38.0 Å². The third-order valence-electron chi connectivity index (χ3n) is 3.91. The van der Waals surface area contributed by atoms with Crippen molar-refractivity contribution in [1.82, 2.24) is 14.9 Å². The van der Waals surface area contributed by atoms with Gasteiger partial charge in [-0.2, -0.15) is 13.2 Å². The maximum Gasteiger partial charge on any atom is 0.408 e. The van der Waals surface area contributed by atoms with E-state index in [0.717, 1.165) is 4.57 Å². The standard InChI is InChI=1S/C14H18F3N3O4/c15-14(16,17)11(9-2-7-24-8-3-9)19-10(21)1-5-20-6-4-18-12(22)13(20)23/h4,6,9,11H,1-3,5,7-8H2,(H,18,22)(H,19,21)/t11-/m1/s1. The molecule has 0 unspecified atom stereocenters. The molecule has 0 saturated carbocycles. The number of halogens is 3. The van der Waals surface area contributed by atoms with E-state index in [2.05, 4.69) is 4.98 Å². The molecule has 2 heterocycles. The Morgan fingerprint density at radius 1 is 1.38 bits per heavy atom. The van der Waals surface area contributed by atoms with Crippen LogP contribution in [0.3, 0.4) is 0 Å². The van der Waals surface area contributed by atoms with Gasteiger partial charge in [-0.05, 0) is 18.8 Å². The Morgan fingerprint density at radius 3 is 2.67 bits per heavy atom. The summed E-state index contributed by atoms with van der Waals surface area (Å²) >= 11 is 0. The van der Waals surface area contributed by atoms with Crippen LogP contribution in [0.1, 0.15) is 19.3 Å². The second-order valence-corrected chi connectivity index (χ2v) is 5.57. The van der Waals surface area contributed by atoms with E-state index in [1.165, 1.54) is 12.4 Å². The lowest BCUT2D eigenvalue weighted by atomic mass is 9.91. The molecule has 1 aliphatic heterocycles. The van der Waals surface area contributed by atoms with Crippen LogP contribution < -0.4 is 16.4 Å². The minimum Gasteiger partial charge on any atom is -0.381 e. The Morgan fingerprint density at radius 2 is 2.04 bits per heavy atom. The molecule has 134 valence electrons. The van der Waals surface area contributed by atoms with Gasteiger partial charge in [0.15, 0.2) is 0 Å². The van der Waals surface area contributed by atoms with Crippen LogP contribution in [0.2, 0.25) is 0 Å². The van der Waals surface area contributed by atoms with Crippen molar-refractivity contribution >= 4 is 5.91 Å². The highest BCUT2D eigenvalue weighted by Crippen LogP contribution is 2.31. The molecule has 0 aromatic carbocycles. The molecule has 0 bridgehead atoms. The van der Waals surface area contributed by atoms with Crippen LogP contribution in [0, 0.1) is 5.92 Å². The van der Waals surface area contributed by atoms with Crippen molar-refractivity contribution in [1.29, 1.82) is 0 Å². The summed E-state index contributed by atoms with van der Waals surface area (Å²) in [7, 11) is 0. The number of aromatic amines is 1. The quantitative estimate of drug-likeness (QED) is 0.753. The third-order valence-corrected chi connectivity index (χ3v) is 3.91. The predicted octanol–water partition coefficient (Wildman–Crippen LogP) is 0.400. The maximum atomic E-state index is 13.2. The summed E-state index contributed by atoms with van der Waals surface area (Å²) in [6.07, 6.45) is -1.97. The third kappa shape index (κ3) is 4.70. The molecule has 1 aromatic heterocycles. The highest BCUT2D eigenvalue weighted by molar-refractivity contribution is 5.76. The van der Waals surface area contributed by atoms with Crippen molar-refractivity contribution in [2.75, 3.05) is 13.2 Å². The van der Waals surface area contributed by atoms with Gasteiger partial charge in [0.1, 0.15) is 6.04 Å². The van der Waals surface area contributed by atoms with Crippen LogP contribution in [0.5, 0.6) is 0 Å². The molecular formula is C14H18F3N3O4. The van der Waals surface area contributed by atoms with Gasteiger partial charge in [0, 0.05) is 38.6 Å². The fraction of sp³-hybridized carbons (Fsp3) is 0.643. The van der Waals surface area contributed by atoms with Crippen molar-refractivity contribution < 1.29 is 22.7 Å². The van der Waals surface area contributed by atoms with E-state index >= 15 is 0 Å². The van der Waals surface area contributed by atoms with Crippen molar-refractivity contribution in [3.05, 3.63) is 33.1 Å². The number of ether oxygens (including phenoxy) is 1. The van der Waals surface area contributed by atoms with Crippen LogP contribution in [0.15, 0.2) is 22.0 Å². The number of nitrogens with zero attached hydrogens (tertiary/aromatic N) is 1. The zero-order chi connectivity index (χ0) is 17.7. The molecule has 0 spiro atoms. The molecule has 1 saturated heterocycles. The second-order valence-electron chi connectivity index (χ2n) is 5.57. The molecule has 0 radical (unpaired) electrons. The van der Waals surface area contributed by atoms with E-state index in [0.29, 0.717) is 0 Å². The van der Waals surface area contributed by atoms with Crippen LogP contribution >= 0.6 is 0 Å². The Labute approximate surface area is 134 Å². The topological polar surface area (TPSA) is 93.2 Å². The van der Waals surface area contributed by atoms with Gasteiger partial charge in [-0.15, -0.1) is 0 Å². The van der Waals surface area contributed by atoms with Crippen LogP contribution in [0.25, 0.3) is 0 Å². The molecule has 7 nitrogen and oxygen atoms in total. The van der Waals surface area contributed by atoms with E-state index < -0.39 is 35.2 Å². The number of hydrogen-bond donors (Lipinski definition) is 2. The number of alkyl halides is 3. The molecule has 2 rings (SSSR count). The van der Waals surface area contributed by atoms with E-state index in [-0.39, 0.29) is 39.0 Å². The number of amides is 1. The summed E-state index contributed by atoms with van der Waals surface area (Å²) in [5.41, 5.74) is -1.71. The molecule has 24 heavy (non-hydrogen) atoms. The fourth-order valence-electron chi connectivity index (χ4n) is 2.62. The van der Waals surface area contributed by atoms with Gasteiger partial charge < -0.3 is 19.6 Å². The first kappa shape index (κ1) is 18.2. The van der Waals surface area contributed by atoms with Crippen molar-refractivity contribution in [3.8, 4) is 0 Å². The Balaban J connectivity index is 1.98. The first-order valence-corrected chi connectivity index (χ1v) is 7.51. The molecular weight excluding hydrogens is 331 g/mol. The normalized spacial score (nSPS) is 17.5. The summed E-state index contributed by atoms with van der Waals surface area (Å²) in [5, 5.41) is 2.01. The minimum absolute atomic E-state index is 0.174. The fourth-order valence-corrected chi connectivity index (χ4v) is 2.62. The highest BCUT2D eigenvalue weighted by atomic mass is 19.4. The summed E-state index contributed by atoms with van der Waals surface area (Å²) in [5.74, 6) is -1.55. The van der Waals surface area contributed by atoms with Crippen LogP contribution in [-0.2, 0) is 16.1 Å². The van der Waals surface area contributed by atoms with E-state index in [1.807, 2.05) is 5.32 Å². The largest absolute Gasteiger partial charge is 0.408 e. The number of rotatable bonds is 5.